The molecule has 2 amide bonds. The number of amides is 2. The first-order valence-corrected chi connectivity index (χ1v) is 12.3. The molecule has 0 radical (unpaired) electrons. The number of anilines is 3. The Balaban J connectivity index is 1.34. The Morgan fingerprint density at radius 1 is 0.861 bits per heavy atom. The van der Waals surface area contributed by atoms with Crippen LogP contribution in [-0.4, -0.2) is 36.9 Å². The summed E-state index contributed by atoms with van der Waals surface area (Å²) in [5.74, 6) is -0.0957. The van der Waals surface area contributed by atoms with Gasteiger partial charge in [-0.2, -0.15) is 0 Å². The number of nitrogens with one attached hydrogen (secondary N) is 3. The van der Waals surface area contributed by atoms with Gasteiger partial charge >= 0.3 is 0 Å². The summed E-state index contributed by atoms with van der Waals surface area (Å²) in [6, 6.07) is 21.2. The minimum atomic E-state index is -0.430. The number of nitrogens with zero attached hydrogens (tertiary/aromatic N) is 1. The van der Waals surface area contributed by atoms with Crippen LogP contribution in [0.2, 0.25) is 0 Å². The third-order valence-corrected chi connectivity index (χ3v) is 6.58. The predicted octanol–water partition coefficient (Wildman–Crippen LogP) is 5.15. The van der Waals surface area contributed by atoms with E-state index in [0.717, 1.165) is 42.4 Å². The molecule has 0 unspecified atom stereocenters. The summed E-state index contributed by atoms with van der Waals surface area (Å²) < 4.78 is 5.29. The molecule has 7 heteroatoms. The van der Waals surface area contributed by atoms with Gasteiger partial charge in [-0.05, 0) is 74.0 Å². The fraction of sp³-hybridized carbons (Fsp3) is 0.241. The molecule has 184 valence electrons. The van der Waals surface area contributed by atoms with Gasteiger partial charge in [0.2, 0.25) is 0 Å². The molecule has 0 bridgehead atoms. The van der Waals surface area contributed by atoms with E-state index in [1.807, 2.05) is 48.5 Å². The molecule has 0 spiro atoms. The van der Waals surface area contributed by atoms with Crippen LogP contribution in [0.4, 0.5) is 17.1 Å². The zero-order valence-corrected chi connectivity index (χ0v) is 20.3. The van der Waals surface area contributed by atoms with E-state index in [2.05, 4.69) is 33.0 Å². The van der Waals surface area contributed by atoms with Crippen molar-refractivity contribution < 1.29 is 14.3 Å². The first-order chi connectivity index (χ1) is 17.6. The lowest BCUT2D eigenvalue weighted by atomic mass is 9.94. The Labute approximate surface area is 211 Å². The van der Waals surface area contributed by atoms with Crippen molar-refractivity contribution in [3.05, 3.63) is 89.6 Å². The van der Waals surface area contributed by atoms with Gasteiger partial charge in [0.15, 0.2) is 0 Å². The van der Waals surface area contributed by atoms with Crippen LogP contribution in [0.1, 0.15) is 40.7 Å². The molecule has 3 aromatic rings. The standard InChI is InChI=1S/C29H30N4O3/c1-36-24-7-5-6-22(16-24)31-23-12-13-25-26(17-23)27(29(35)32-28(25)34)18-30-21-10-8-20(9-11-21)19-33-14-3-2-4-15-33/h5-13,16-18,30-31H,2-4,14-15,19H2,1H3,(H,32,34,35)/b27-18-. The van der Waals surface area contributed by atoms with Crippen molar-refractivity contribution in [1.29, 1.82) is 0 Å². The first kappa shape index (κ1) is 23.6. The summed E-state index contributed by atoms with van der Waals surface area (Å²) >= 11 is 0. The number of piperidine rings is 1. The Bertz CT molecular complexity index is 1290. The zero-order valence-electron chi connectivity index (χ0n) is 20.3. The van der Waals surface area contributed by atoms with Crippen LogP contribution >= 0.6 is 0 Å². The summed E-state index contributed by atoms with van der Waals surface area (Å²) in [5, 5.41) is 8.98. The monoisotopic (exact) mass is 482 g/mol. The molecule has 1 saturated heterocycles. The maximum absolute atomic E-state index is 12.7. The highest BCUT2D eigenvalue weighted by Crippen LogP contribution is 2.29. The van der Waals surface area contributed by atoms with E-state index in [1.54, 1.807) is 19.4 Å². The van der Waals surface area contributed by atoms with Crippen LogP contribution in [0.15, 0.2) is 72.9 Å². The summed E-state index contributed by atoms with van der Waals surface area (Å²) in [4.78, 5) is 27.7. The van der Waals surface area contributed by atoms with Crippen LogP contribution in [-0.2, 0) is 11.3 Å². The second kappa shape index (κ2) is 10.7. The Morgan fingerprint density at radius 2 is 1.61 bits per heavy atom. The average Bonchev–Trinajstić information content (AvgIpc) is 2.90. The molecule has 1 fully saturated rings. The van der Waals surface area contributed by atoms with E-state index >= 15 is 0 Å². The summed E-state index contributed by atoms with van der Waals surface area (Å²) in [6.07, 6.45) is 5.54. The quantitative estimate of drug-likeness (QED) is 0.319. The number of benzene rings is 3. The predicted molar refractivity (Wildman–Crippen MR) is 142 cm³/mol. The van der Waals surface area contributed by atoms with Crippen LogP contribution in [0.3, 0.4) is 0 Å². The molecule has 0 saturated carbocycles. The Kier molecular flexibility index (Phi) is 7.00. The third-order valence-electron chi connectivity index (χ3n) is 6.58. The molecule has 0 aromatic heterocycles. The van der Waals surface area contributed by atoms with E-state index < -0.39 is 11.8 Å². The molecule has 2 aliphatic heterocycles. The van der Waals surface area contributed by atoms with Crippen molar-refractivity contribution in [2.75, 3.05) is 30.8 Å². The van der Waals surface area contributed by atoms with Crippen molar-refractivity contribution in [3.63, 3.8) is 0 Å². The normalized spacial score (nSPS) is 16.9. The van der Waals surface area contributed by atoms with Gasteiger partial charge in [0.1, 0.15) is 5.75 Å². The fourth-order valence-corrected chi connectivity index (χ4v) is 4.65. The largest absolute Gasteiger partial charge is 0.497 e. The third kappa shape index (κ3) is 5.42. The van der Waals surface area contributed by atoms with Crippen molar-refractivity contribution in [2.45, 2.75) is 25.8 Å². The maximum Gasteiger partial charge on any atom is 0.260 e. The second-order valence-corrected chi connectivity index (χ2v) is 9.14. The van der Waals surface area contributed by atoms with Gasteiger partial charge in [0, 0.05) is 47.0 Å². The Hall–Kier alpha value is -4.10. The summed E-state index contributed by atoms with van der Waals surface area (Å²) in [5.41, 5.74) is 5.18. The highest BCUT2D eigenvalue weighted by Gasteiger charge is 2.27. The highest BCUT2D eigenvalue weighted by atomic mass is 16.5. The zero-order chi connectivity index (χ0) is 24.9. The number of ether oxygens (including phenoxy) is 1. The number of carbonyl (C=O) groups is 2. The summed E-state index contributed by atoms with van der Waals surface area (Å²) in [6.45, 7) is 3.28. The van der Waals surface area contributed by atoms with Gasteiger partial charge in [0.25, 0.3) is 11.8 Å². The van der Waals surface area contributed by atoms with Crippen LogP contribution in [0.5, 0.6) is 5.75 Å². The lowest BCUT2D eigenvalue weighted by Crippen LogP contribution is -2.36. The smallest absolute Gasteiger partial charge is 0.260 e. The van der Waals surface area contributed by atoms with Gasteiger partial charge in [-0.25, -0.2) is 0 Å². The molecule has 7 nitrogen and oxygen atoms in total. The lowest BCUT2D eigenvalue weighted by molar-refractivity contribution is -0.114. The van der Waals surface area contributed by atoms with E-state index in [4.69, 9.17) is 4.74 Å². The molecule has 3 aromatic carbocycles. The number of hydrogen-bond acceptors (Lipinski definition) is 6. The molecular formula is C29H30N4O3. The molecule has 0 aliphatic carbocycles. The Morgan fingerprint density at radius 3 is 2.39 bits per heavy atom. The highest BCUT2D eigenvalue weighted by molar-refractivity contribution is 6.31. The van der Waals surface area contributed by atoms with Crippen molar-refractivity contribution in [3.8, 4) is 5.75 Å². The number of likely N-dealkylation sites (tertiary alicyclic amines) is 1. The molecule has 2 heterocycles. The number of methoxy groups -OCH3 is 1. The fourth-order valence-electron chi connectivity index (χ4n) is 4.65. The molecular weight excluding hydrogens is 452 g/mol. The maximum atomic E-state index is 12.7. The number of rotatable bonds is 7. The lowest BCUT2D eigenvalue weighted by Gasteiger charge is -2.26. The van der Waals surface area contributed by atoms with Crippen molar-refractivity contribution >= 4 is 34.4 Å². The van der Waals surface area contributed by atoms with Gasteiger partial charge in [-0.1, -0.05) is 24.6 Å². The van der Waals surface area contributed by atoms with E-state index in [0.29, 0.717) is 16.7 Å². The van der Waals surface area contributed by atoms with Gasteiger partial charge in [-0.15, -0.1) is 0 Å². The molecule has 5 rings (SSSR count). The van der Waals surface area contributed by atoms with Gasteiger partial charge in [-0.3, -0.25) is 19.8 Å². The SMILES string of the molecule is COc1cccc(Nc2ccc3c(c2)/C(=C/Nc2ccc(CN4CCCCC4)cc2)C(=O)NC3=O)c1. The molecule has 3 N–H and O–H groups in total. The first-order valence-electron chi connectivity index (χ1n) is 12.3. The van der Waals surface area contributed by atoms with Crippen molar-refractivity contribution in [1.82, 2.24) is 10.2 Å². The number of fused-ring (bicyclic) bond motifs is 1. The van der Waals surface area contributed by atoms with Crippen molar-refractivity contribution in [2.24, 2.45) is 0 Å². The van der Waals surface area contributed by atoms with Gasteiger partial charge in [0.05, 0.1) is 12.7 Å². The molecule has 2 aliphatic rings. The topological polar surface area (TPSA) is 82.7 Å². The summed E-state index contributed by atoms with van der Waals surface area (Å²) in [7, 11) is 1.62. The van der Waals surface area contributed by atoms with E-state index in [1.165, 1.54) is 24.8 Å². The van der Waals surface area contributed by atoms with Crippen LogP contribution < -0.4 is 20.7 Å². The van der Waals surface area contributed by atoms with Crippen LogP contribution in [0, 0.1) is 0 Å². The average molecular weight is 483 g/mol. The molecule has 0 atom stereocenters. The number of hydrogen-bond donors (Lipinski definition) is 3. The second-order valence-electron chi connectivity index (χ2n) is 9.14. The van der Waals surface area contributed by atoms with E-state index in [-0.39, 0.29) is 0 Å². The minimum absolute atomic E-state index is 0.399. The minimum Gasteiger partial charge on any atom is -0.497 e. The number of carbonyl (C=O) groups excluding carboxylic acids is 2. The van der Waals surface area contributed by atoms with Gasteiger partial charge < -0.3 is 15.4 Å². The molecule has 36 heavy (non-hydrogen) atoms. The number of imide groups is 1. The van der Waals surface area contributed by atoms with E-state index in [9.17, 15) is 9.59 Å². The van der Waals surface area contributed by atoms with Crippen LogP contribution in [0.25, 0.3) is 5.57 Å².